The third-order valence-electron chi connectivity index (χ3n) is 0.962. The molecule has 0 aliphatic heterocycles. The van der Waals surface area contributed by atoms with E-state index in [1.807, 2.05) is 0 Å². The smallest absolute Gasteiger partial charge is 0.0582 e. The fraction of sp³-hybridized carbons (Fsp3) is 0.600. The van der Waals surface area contributed by atoms with Gasteiger partial charge in [-0.25, -0.2) is 0 Å². The van der Waals surface area contributed by atoms with Crippen molar-refractivity contribution in [2.75, 3.05) is 0 Å². The van der Waals surface area contributed by atoms with Crippen molar-refractivity contribution < 1.29 is 39.0 Å². The van der Waals surface area contributed by atoms with Gasteiger partial charge in [-0.05, 0) is 12.8 Å². The Morgan fingerprint density at radius 3 is 1.73 bits per heavy atom. The molecule has 90 valence electrons. The Balaban J connectivity index is 0. The summed E-state index contributed by atoms with van der Waals surface area (Å²) < 4.78 is 8.55. The van der Waals surface area contributed by atoms with Crippen LogP contribution in [0, 0.1) is 0 Å². The van der Waals surface area contributed by atoms with E-state index in [0.29, 0.717) is 0 Å². The highest BCUT2D eigenvalue weighted by Crippen LogP contribution is 2.03. The number of phosphoric acid groups is 1. The fourth-order valence-electron chi connectivity index (χ4n) is 0.391. The molecule has 9 nitrogen and oxygen atoms in total. The van der Waals surface area contributed by atoms with E-state index in [9.17, 15) is 19.8 Å². The van der Waals surface area contributed by atoms with Crippen molar-refractivity contribution in [3.8, 4) is 0 Å². The number of aliphatic carboxylic acids is 2. The lowest BCUT2D eigenvalue weighted by Gasteiger charge is -2.36. The molecule has 0 aliphatic rings. The topological polar surface area (TPSA) is 193 Å². The first-order valence-corrected chi connectivity index (χ1v) is 4.89. The monoisotopic (exact) mass is 240 g/mol. The molecule has 1 atom stereocenters. The Morgan fingerprint density at radius 1 is 1.20 bits per heavy atom. The summed E-state index contributed by atoms with van der Waals surface area (Å²) in [5, 5.41) is 19.6. The van der Waals surface area contributed by atoms with Crippen molar-refractivity contribution in [1.82, 2.24) is 0 Å². The van der Waals surface area contributed by atoms with E-state index in [4.69, 9.17) is 25.0 Å². The molecule has 0 unspecified atom stereocenters. The van der Waals surface area contributed by atoms with E-state index in [1.165, 1.54) is 0 Å². The van der Waals surface area contributed by atoms with Crippen molar-refractivity contribution in [1.29, 1.82) is 0 Å². The molecular formula is C5H7NO8P-5. The van der Waals surface area contributed by atoms with Gasteiger partial charge in [0, 0.05) is 12.0 Å². The number of carbonyl (C=O) groups is 2. The van der Waals surface area contributed by atoms with Crippen LogP contribution in [0.15, 0.2) is 0 Å². The van der Waals surface area contributed by atoms with Crippen LogP contribution in [-0.4, -0.2) is 18.0 Å². The summed E-state index contributed by atoms with van der Waals surface area (Å²) in [6, 6.07) is -1.21. The second-order valence-corrected chi connectivity index (χ2v) is 3.18. The Labute approximate surface area is 84.4 Å². The maximum atomic E-state index is 9.86. The average molecular weight is 240 g/mol. The van der Waals surface area contributed by atoms with Gasteiger partial charge in [-0.15, -0.1) is 0 Å². The van der Waals surface area contributed by atoms with E-state index in [1.54, 1.807) is 0 Å². The highest BCUT2D eigenvalue weighted by atomic mass is 31.2. The Bertz CT molecular complexity index is 251. The van der Waals surface area contributed by atoms with Crippen molar-refractivity contribution in [3.63, 3.8) is 0 Å². The van der Waals surface area contributed by atoms with Crippen LogP contribution >= 0.6 is 7.82 Å². The molecule has 0 aromatic rings. The van der Waals surface area contributed by atoms with E-state index in [-0.39, 0.29) is 12.8 Å². The lowest BCUT2D eigenvalue weighted by molar-refractivity contribution is -0.432. The minimum atomic E-state index is -5.39. The van der Waals surface area contributed by atoms with Crippen LogP contribution in [0.25, 0.3) is 0 Å². The average Bonchev–Trinajstić information content (AvgIpc) is 1.96. The molecule has 0 bridgehead atoms. The number of rotatable bonds is 4. The van der Waals surface area contributed by atoms with E-state index >= 15 is 0 Å². The lowest BCUT2D eigenvalue weighted by atomic mass is 10.2. The van der Waals surface area contributed by atoms with E-state index in [0.717, 1.165) is 0 Å². The van der Waals surface area contributed by atoms with Crippen molar-refractivity contribution in [2.45, 2.75) is 18.9 Å². The Kier molecular flexibility index (Phi) is 8.02. The molecule has 0 aliphatic carbocycles. The largest absolute Gasteiger partial charge is 0.822 e. The number of carboxylic acid groups (broad SMARTS) is 2. The van der Waals surface area contributed by atoms with Gasteiger partial charge in [-0.1, -0.05) is 0 Å². The SMILES string of the molecule is N[C@@H](CCC(=O)[O-])C(=O)[O-].O=P([O-])([O-])[O-]. The van der Waals surface area contributed by atoms with Crippen molar-refractivity contribution in [3.05, 3.63) is 0 Å². The van der Waals surface area contributed by atoms with Crippen LogP contribution < -0.4 is 30.6 Å². The zero-order chi connectivity index (χ0) is 12.6. The summed E-state index contributed by atoms with van der Waals surface area (Å²) in [7, 11) is -5.39. The maximum absolute atomic E-state index is 9.86. The molecule has 0 rings (SSSR count). The predicted molar refractivity (Wildman–Crippen MR) is 34.8 cm³/mol. The number of hydrogen-bond donors (Lipinski definition) is 1. The van der Waals surface area contributed by atoms with Gasteiger partial charge in [-0.2, -0.15) is 7.82 Å². The highest BCUT2D eigenvalue weighted by molar-refractivity contribution is 7.40. The first-order chi connectivity index (χ1) is 6.54. The lowest BCUT2D eigenvalue weighted by Crippen LogP contribution is -2.42. The van der Waals surface area contributed by atoms with Crippen LogP contribution in [0.1, 0.15) is 12.8 Å². The van der Waals surface area contributed by atoms with Crippen LogP contribution in [0.5, 0.6) is 0 Å². The second kappa shape index (κ2) is 7.32. The maximum Gasteiger partial charge on any atom is 0.0582 e. The zero-order valence-corrected chi connectivity index (χ0v) is 8.18. The number of nitrogens with two attached hydrogens (primary N) is 1. The van der Waals surface area contributed by atoms with Crippen molar-refractivity contribution >= 4 is 19.8 Å². The summed E-state index contributed by atoms with van der Waals surface area (Å²) in [6.07, 6.45) is -0.500. The predicted octanol–water partition coefficient (Wildman–Crippen LogP) is -6.23. The molecule has 0 spiro atoms. The molecular weight excluding hydrogens is 233 g/mol. The molecule has 0 fully saturated rings. The molecule has 10 heteroatoms. The Morgan fingerprint density at radius 2 is 1.53 bits per heavy atom. The molecule has 0 saturated heterocycles. The van der Waals surface area contributed by atoms with Gasteiger partial charge in [0.05, 0.1) is 5.97 Å². The molecule has 15 heavy (non-hydrogen) atoms. The van der Waals surface area contributed by atoms with Crippen LogP contribution in [0.2, 0.25) is 0 Å². The second-order valence-electron chi connectivity index (χ2n) is 2.28. The molecule has 0 saturated carbocycles. The molecule has 0 heterocycles. The quantitative estimate of drug-likeness (QED) is 0.465. The number of carboxylic acids is 2. The summed E-state index contributed by atoms with van der Waals surface area (Å²) >= 11 is 0. The van der Waals surface area contributed by atoms with Gasteiger partial charge in [-0.3, -0.25) is 0 Å². The standard InChI is InChI=1S/C5H9NO4.H3O4P/c6-3(5(9)10)1-2-4(7)8;1-5(2,3)4/h3H,1-2,6H2,(H,7,8)(H,9,10);(H3,1,2,3,4)/p-5/t3-;/m0./s1. The molecule has 0 aromatic heterocycles. The van der Waals surface area contributed by atoms with E-state index in [2.05, 4.69) is 0 Å². The Hall–Kier alpha value is -0.990. The van der Waals surface area contributed by atoms with Gasteiger partial charge in [0.1, 0.15) is 0 Å². The third-order valence-corrected chi connectivity index (χ3v) is 0.962. The molecule has 0 radical (unpaired) electrons. The molecule has 0 aromatic carbocycles. The summed E-state index contributed by atoms with van der Waals surface area (Å²) in [5.41, 5.74) is 4.91. The number of carbonyl (C=O) groups excluding carboxylic acids is 2. The van der Waals surface area contributed by atoms with Gasteiger partial charge in [0.2, 0.25) is 0 Å². The molecule has 0 amide bonds. The van der Waals surface area contributed by atoms with Crippen LogP contribution in [-0.2, 0) is 14.2 Å². The summed E-state index contributed by atoms with van der Waals surface area (Å²) in [4.78, 5) is 45.3. The van der Waals surface area contributed by atoms with Gasteiger partial charge < -0.3 is 44.8 Å². The van der Waals surface area contributed by atoms with Crippen LogP contribution in [0.3, 0.4) is 0 Å². The fourth-order valence-corrected chi connectivity index (χ4v) is 0.391. The minimum Gasteiger partial charge on any atom is -0.822 e. The molecule has 2 N–H and O–H groups in total. The summed E-state index contributed by atoms with van der Waals surface area (Å²) in [5.74, 6) is -2.75. The van der Waals surface area contributed by atoms with E-state index < -0.39 is 25.8 Å². The third kappa shape index (κ3) is 24.6. The van der Waals surface area contributed by atoms with Gasteiger partial charge >= 0.3 is 0 Å². The summed E-state index contributed by atoms with van der Waals surface area (Å²) in [6.45, 7) is 0. The number of hydrogen-bond acceptors (Lipinski definition) is 9. The normalized spacial score (nSPS) is 12.3. The zero-order valence-electron chi connectivity index (χ0n) is 7.28. The van der Waals surface area contributed by atoms with Crippen LogP contribution in [0.4, 0.5) is 0 Å². The van der Waals surface area contributed by atoms with Gasteiger partial charge in [0.15, 0.2) is 0 Å². The minimum absolute atomic E-state index is 0.148. The first-order valence-electron chi connectivity index (χ1n) is 3.43. The first kappa shape index (κ1) is 16.4. The van der Waals surface area contributed by atoms with Crippen molar-refractivity contribution in [2.24, 2.45) is 5.73 Å². The highest BCUT2D eigenvalue weighted by Gasteiger charge is 2.01. The van der Waals surface area contributed by atoms with Gasteiger partial charge in [0.25, 0.3) is 0 Å².